The van der Waals surface area contributed by atoms with Crippen molar-refractivity contribution in [3.63, 3.8) is 0 Å². The van der Waals surface area contributed by atoms with E-state index in [1.807, 2.05) is 18.2 Å². The van der Waals surface area contributed by atoms with Gasteiger partial charge in [-0.1, -0.05) is 17.7 Å². The molecular formula is C14H14ClNO. The first-order valence-corrected chi connectivity index (χ1v) is 6.21. The van der Waals surface area contributed by atoms with Gasteiger partial charge in [0.1, 0.15) is 0 Å². The molecule has 17 heavy (non-hydrogen) atoms. The van der Waals surface area contributed by atoms with Crippen molar-refractivity contribution < 1.29 is 6.17 Å². The van der Waals surface area contributed by atoms with Gasteiger partial charge >= 0.3 is 0 Å². The lowest BCUT2D eigenvalue weighted by atomic mass is 9.82. The number of allylic oxidation sites excluding steroid dienone is 1. The molecule has 1 aromatic carbocycles. The van der Waals surface area contributed by atoms with E-state index in [-0.39, 0.29) is 0 Å². The number of hydrogen-bond donors (Lipinski definition) is 1. The highest BCUT2D eigenvalue weighted by atomic mass is 35.5. The van der Waals surface area contributed by atoms with Gasteiger partial charge in [-0.3, -0.25) is 4.79 Å². The predicted octanol–water partition coefficient (Wildman–Crippen LogP) is 2.94. The quantitative estimate of drug-likeness (QED) is 0.816. The summed E-state index contributed by atoms with van der Waals surface area (Å²) in [4.78, 5) is 11.6. The Balaban J connectivity index is 2.15. The van der Waals surface area contributed by atoms with Gasteiger partial charge in [0.2, 0.25) is 5.91 Å². The second kappa shape index (κ2) is 3.88. The number of carbonyl (C=O) groups excluding carboxylic acids is 1. The molecule has 2 aliphatic carbocycles. The molecule has 2 aliphatic rings. The third kappa shape index (κ3) is 1.67. The molecule has 2 N–H and O–H groups in total. The summed E-state index contributed by atoms with van der Waals surface area (Å²) >= 11 is 6.03. The standard InChI is InChI=1S/C14H14ClNO/c15-9-5-4-8-6-13-10(12(8)7-9)2-1-3-11(13)14(16)17/h4-5,7,11H,1-3,6H2,(H2,16,17)/i11D. The fraction of sp³-hybridized carbons (Fsp3) is 0.357. The van der Waals surface area contributed by atoms with Crippen LogP contribution in [0.5, 0.6) is 0 Å². The molecule has 0 saturated heterocycles. The molecule has 0 radical (unpaired) electrons. The van der Waals surface area contributed by atoms with Crippen LogP contribution >= 0.6 is 11.6 Å². The van der Waals surface area contributed by atoms with E-state index in [4.69, 9.17) is 18.7 Å². The minimum Gasteiger partial charge on any atom is -0.369 e. The number of halogens is 1. The van der Waals surface area contributed by atoms with Crippen LogP contribution < -0.4 is 5.73 Å². The van der Waals surface area contributed by atoms with Crippen LogP contribution in [0.4, 0.5) is 0 Å². The van der Waals surface area contributed by atoms with E-state index in [0.717, 1.165) is 35.1 Å². The third-order valence-electron chi connectivity index (χ3n) is 3.64. The monoisotopic (exact) mass is 248 g/mol. The summed E-state index contributed by atoms with van der Waals surface area (Å²) in [5.41, 5.74) is 9.70. The van der Waals surface area contributed by atoms with Gasteiger partial charge in [-0.25, -0.2) is 0 Å². The van der Waals surface area contributed by atoms with Gasteiger partial charge in [-0.15, -0.1) is 0 Å². The highest BCUT2D eigenvalue weighted by molar-refractivity contribution is 6.30. The Labute approximate surface area is 107 Å². The van der Waals surface area contributed by atoms with Gasteiger partial charge in [-0.2, -0.15) is 0 Å². The summed E-state index contributed by atoms with van der Waals surface area (Å²) in [7, 11) is 0. The highest BCUT2D eigenvalue weighted by Crippen LogP contribution is 2.44. The van der Waals surface area contributed by atoms with Crippen LogP contribution in [-0.4, -0.2) is 5.91 Å². The molecule has 3 heteroatoms. The number of primary amides is 1. The number of benzene rings is 1. The number of hydrogen-bond acceptors (Lipinski definition) is 1. The Morgan fingerprint density at radius 2 is 2.35 bits per heavy atom. The average molecular weight is 249 g/mol. The first kappa shape index (κ1) is 9.72. The van der Waals surface area contributed by atoms with Gasteiger partial charge in [0.05, 0.1) is 5.89 Å². The van der Waals surface area contributed by atoms with Gasteiger partial charge in [0.25, 0.3) is 0 Å². The topological polar surface area (TPSA) is 43.1 Å². The normalized spacial score (nSPS) is 27.5. The van der Waals surface area contributed by atoms with E-state index in [1.54, 1.807) is 0 Å². The molecule has 0 fully saturated rings. The van der Waals surface area contributed by atoms with E-state index in [9.17, 15) is 4.79 Å². The molecule has 0 bridgehead atoms. The fourth-order valence-electron chi connectivity index (χ4n) is 2.88. The van der Waals surface area contributed by atoms with Crippen molar-refractivity contribution in [2.24, 2.45) is 11.6 Å². The van der Waals surface area contributed by atoms with E-state index < -0.39 is 11.8 Å². The van der Waals surface area contributed by atoms with Crippen LogP contribution in [0.3, 0.4) is 0 Å². The molecule has 0 spiro atoms. The fourth-order valence-corrected chi connectivity index (χ4v) is 3.05. The van der Waals surface area contributed by atoms with Crippen molar-refractivity contribution in [3.05, 3.63) is 39.9 Å². The molecule has 0 heterocycles. The number of amides is 1. The lowest BCUT2D eigenvalue weighted by Crippen LogP contribution is -2.27. The molecular weight excluding hydrogens is 234 g/mol. The first-order valence-electron chi connectivity index (χ1n) is 6.33. The van der Waals surface area contributed by atoms with E-state index >= 15 is 0 Å². The van der Waals surface area contributed by atoms with Crippen molar-refractivity contribution in [3.8, 4) is 0 Å². The number of fused-ring (bicyclic) bond motifs is 2. The molecule has 1 amide bonds. The van der Waals surface area contributed by atoms with E-state index in [2.05, 4.69) is 0 Å². The first-order chi connectivity index (χ1) is 8.52. The van der Waals surface area contributed by atoms with Crippen molar-refractivity contribution >= 4 is 23.1 Å². The maximum Gasteiger partial charge on any atom is 0.224 e. The van der Waals surface area contributed by atoms with Crippen LogP contribution in [0.2, 0.25) is 5.02 Å². The molecule has 1 atom stereocenters. The summed E-state index contributed by atoms with van der Waals surface area (Å²) in [5.74, 6) is -1.76. The zero-order chi connectivity index (χ0) is 12.9. The maximum atomic E-state index is 11.6. The van der Waals surface area contributed by atoms with Crippen LogP contribution in [0, 0.1) is 5.89 Å². The Hall–Kier alpha value is -1.28. The van der Waals surface area contributed by atoms with Crippen LogP contribution in [-0.2, 0) is 11.2 Å². The van der Waals surface area contributed by atoms with Gasteiger partial charge in [0, 0.05) is 6.39 Å². The molecule has 1 aromatic rings. The minimum absolute atomic E-state index is 0.531. The zero-order valence-electron chi connectivity index (χ0n) is 10.4. The average Bonchev–Trinajstić information content (AvgIpc) is 2.69. The SMILES string of the molecule is [2H]C1(C(N)=O)CCCC2=C1Cc1ccc(Cl)cc12. The Morgan fingerprint density at radius 3 is 3.12 bits per heavy atom. The molecule has 0 saturated carbocycles. The number of carbonyl (C=O) groups is 1. The lowest BCUT2D eigenvalue weighted by molar-refractivity contribution is -0.121. The Kier molecular flexibility index (Phi) is 2.22. The third-order valence-corrected chi connectivity index (χ3v) is 3.88. The van der Waals surface area contributed by atoms with Gasteiger partial charge < -0.3 is 5.73 Å². The lowest BCUT2D eigenvalue weighted by Gasteiger charge is -2.22. The van der Waals surface area contributed by atoms with Crippen molar-refractivity contribution in [1.29, 1.82) is 0 Å². The van der Waals surface area contributed by atoms with Crippen molar-refractivity contribution in [2.75, 3.05) is 0 Å². The second-order valence-electron chi connectivity index (χ2n) is 4.63. The maximum absolute atomic E-state index is 11.6. The van der Waals surface area contributed by atoms with Crippen molar-refractivity contribution in [2.45, 2.75) is 25.7 Å². The smallest absolute Gasteiger partial charge is 0.224 e. The van der Waals surface area contributed by atoms with E-state index in [1.165, 1.54) is 0 Å². The van der Waals surface area contributed by atoms with Gasteiger partial charge in [-0.05, 0) is 60.1 Å². The van der Waals surface area contributed by atoms with Crippen LogP contribution in [0.1, 0.15) is 31.8 Å². The summed E-state index contributed by atoms with van der Waals surface area (Å²) < 4.78 is 8.37. The van der Waals surface area contributed by atoms with Crippen LogP contribution in [0.25, 0.3) is 5.57 Å². The molecule has 0 aliphatic heterocycles. The minimum atomic E-state index is -1.22. The summed E-state index contributed by atoms with van der Waals surface area (Å²) in [6.45, 7) is 0. The highest BCUT2D eigenvalue weighted by Gasteiger charge is 2.32. The Morgan fingerprint density at radius 1 is 1.53 bits per heavy atom. The summed E-state index contributed by atoms with van der Waals surface area (Å²) in [5, 5.41) is 0.697. The number of nitrogens with two attached hydrogens (primary N) is 1. The van der Waals surface area contributed by atoms with Crippen molar-refractivity contribution in [1.82, 2.24) is 0 Å². The zero-order valence-corrected chi connectivity index (χ0v) is 10.2. The summed E-state index contributed by atoms with van der Waals surface area (Å²) in [6, 6.07) is 5.78. The molecule has 3 rings (SSSR count). The number of rotatable bonds is 1. The van der Waals surface area contributed by atoms with Crippen LogP contribution in [0.15, 0.2) is 23.8 Å². The molecule has 1 unspecified atom stereocenters. The summed E-state index contributed by atoms with van der Waals surface area (Å²) in [6.07, 6.45) is 2.94. The Bertz CT molecular complexity index is 581. The largest absolute Gasteiger partial charge is 0.369 e. The molecule has 0 aromatic heterocycles. The second-order valence-corrected chi connectivity index (χ2v) is 5.07. The molecule has 88 valence electrons. The van der Waals surface area contributed by atoms with Gasteiger partial charge in [0.15, 0.2) is 0 Å². The van der Waals surface area contributed by atoms with E-state index in [0.29, 0.717) is 17.9 Å². The predicted molar refractivity (Wildman–Crippen MR) is 68.6 cm³/mol. The molecule has 2 nitrogen and oxygen atoms in total.